The topological polar surface area (TPSA) is 58.3 Å². The third kappa shape index (κ3) is 3.47. The van der Waals surface area contributed by atoms with Gasteiger partial charge in [0, 0.05) is 24.0 Å². The highest BCUT2D eigenvalue weighted by atomic mass is 16.3. The zero-order valence-electron chi connectivity index (χ0n) is 14.0. The van der Waals surface area contributed by atoms with Crippen LogP contribution < -0.4 is 11.1 Å². The van der Waals surface area contributed by atoms with Gasteiger partial charge >= 0.3 is 0 Å². The molecular weight excluding hydrogens is 296 g/mol. The van der Waals surface area contributed by atoms with Crippen molar-refractivity contribution in [2.75, 3.05) is 0 Å². The fourth-order valence-electron chi connectivity index (χ4n) is 3.94. The van der Waals surface area contributed by atoms with Crippen molar-refractivity contribution in [3.05, 3.63) is 54.1 Å². The van der Waals surface area contributed by atoms with E-state index >= 15 is 0 Å². The van der Waals surface area contributed by atoms with E-state index < -0.39 is 0 Å². The number of phenols is 1. The van der Waals surface area contributed by atoms with Crippen LogP contribution in [0.2, 0.25) is 0 Å². The maximum atomic E-state index is 9.62. The van der Waals surface area contributed by atoms with Crippen LogP contribution in [0, 0.1) is 0 Å². The van der Waals surface area contributed by atoms with Crippen molar-refractivity contribution in [3.8, 4) is 16.9 Å². The lowest BCUT2D eigenvalue weighted by Crippen LogP contribution is -2.38. The molecule has 0 radical (unpaired) electrons. The van der Waals surface area contributed by atoms with E-state index in [9.17, 15) is 5.11 Å². The van der Waals surface area contributed by atoms with E-state index in [1.165, 1.54) is 24.8 Å². The van der Waals surface area contributed by atoms with Gasteiger partial charge in [0.2, 0.25) is 0 Å². The lowest BCUT2D eigenvalue weighted by Gasteiger charge is -2.27. The van der Waals surface area contributed by atoms with E-state index in [0.717, 1.165) is 24.0 Å². The summed E-state index contributed by atoms with van der Waals surface area (Å²) < 4.78 is 0. The monoisotopic (exact) mass is 322 g/mol. The van der Waals surface area contributed by atoms with Crippen molar-refractivity contribution in [1.29, 1.82) is 0 Å². The maximum absolute atomic E-state index is 9.62. The SMILES string of the molecule is NC1CCC(NC2CC2c2ccc(-c3cccc(O)c3)cc2)CC1. The molecule has 24 heavy (non-hydrogen) atoms. The summed E-state index contributed by atoms with van der Waals surface area (Å²) in [6, 6.07) is 18.0. The van der Waals surface area contributed by atoms with Gasteiger partial charge in [-0.15, -0.1) is 0 Å². The third-order valence-corrected chi connectivity index (χ3v) is 5.53. The Kier molecular flexibility index (Phi) is 4.30. The van der Waals surface area contributed by atoms with Crippen LogP contribution in [0.3, 0.4) is 0 Å². The Labute approximate surface area is 143 Å². The van der Waals surface area contributed by atoms with E-state index in [-0.39, 0.29) is 0 Å². The highest BCUT2D eigenvalue weighted by molar-refractivity contribution is 5.65. The lowest BCUT2D eigenvalue weighted by molar-refractivity contribution is 0.339. The van der Waals surface area contributed by atoms with Crippen LogP contribution in [0.1, 0.15) is 43.6 Å². The molecule has 4 N–H and O–H groups in total. The molecule has 3 heteroatoms. The molecule has 0 saturated heterocycles. The molecule has 2 fully saturated rings. The number of nitrogens with one attached hydrogen (secondary N) is 1. The van der Waals surface area contributed by atoms with Gasteiger partial charge in [-0.3, -0.25) is 0 Å². The lowest BCUT2D eigenvalue weighted by atomic mass is 9.92. The molecule has 2 atom stereocenters. The van der Waals surface area contributed by atoms with Gasteiger partial charge in [-0.1, -0.05) is 36.4 Å². The minimum atomic E-state index is 0.315. The summed E-state index contributed by atoms with van der Waals surface area (Å²) in [6.45, 7) is 0. The highest BCUT2D eigenvalue weighted by Gasteiger charge is 2.39. The quantitative estimate of drug-likeness (QED) is 0.803. The summed E-state index contributed by atoms with van der Waals surface area (Å²) in [4.78, 5) is 0. The molecule has 0 heterocycles. The van der Waals surface area contributed by atoms with Gasteiger partial charge < -0.3 is 16.2 Å². The van der Waals surface area contributed by atoms with Crippen LogP contribution in [0.5, 0.6) is 5.75 Å². The Morgan fingerprint density at radius 3 is 2.38 bits per heavy atom. The number of nitrogens with two attached hydrogens (primary N) is 1. The number of rotatable bonds is 4. The Hall–Kier alpha value is -1.84. The molecule has 0 aliphatic heterocycles. The standard InChI is InChI=1S/C21H26N2O/c22-17-8-10-18(11-9-17)23-21-13-20(21)15-6-4-14(5-7-15)16-2-1-3-19(24)12-16/h1-7,12,17-18,20-21,23-24H,8-11,13,22H2. The van der Waals surface area contributed by atoms with Crippen LogP contribution in [-0.2, 0) is 0 Å². The van der Waals surface area contributed by atoms with E-state index in [1.54, 1.807) is 6.07 Å². The van der Waals surface area contributed by atoms with Gasteiger partial charge in [0.05, 0.1) is 0 Å². The van der Waals surface area contributed by atoms with E-state index in [1.807, 2.05) is 18.2 Å². The summed E-state index contributed by atoms with van der Waals surface area (Å²) in [5, 5.41) is 13.4. The first-order valence-corrected chi connectivity index (χ1v) is 9.10. The minimum Gasteiger partial charge on any atom is -0.508 e. The van der Waals surface area contributed by atoms with Crippen molar-refractivity contribution < 1.29 is 5.11 Å². The maximum Gasteiger partial charge on any atom is 0.116 e. The summed E-state index contributed by atoms with van der Waals surface area (Å²) in [5.41, 5.74) is 9.62. The molecule has 4 rings (SSSR count). The fraction of sp³-hybridized carbons (Fsp3) is 0.429. The summed E-state index contributed by atoms with van der Waals surface area (Å²) in [6.07, 6.45) is 6.01. The summed E-state index contributed by atoms with van der Waals surface area (Å²) >= 11 is 0. The average Bonchev–Trinajstić information content (AvgIpc) is 3.36. The molecule has 2 aromatic carbocycles. The molecule has 2 unspecified atom stereocenters. The zero-order chi connectivity index (χ0) is 16.5. The normalized spacial score (nSPS) is 29.4. The predicted molar refractivity (Wildman–Crippen MR) is 98.1 cm³/mol. The van der Waals surface area contributed by atoms with Crippen LogP contribution in [0.25, 0.3) is 11.1 Å². The van der Waals surface area contributed by atoms with Crippen LogP contribution >= 0.6 is 0 Å². The zero-order valence-corrected chi connectivity index (χ0v) is 14.0. The summed E-state index contributed by atoms with van der Waals surface area (Å²) in [5.74, 6) is 0.967. The number of aromatic hydroxyl groups is 1. The van der Waals surface area contributed by atoms with Gasteiger partial charge in [-0.2, -0.15) is 0 Å². The Balaban J connectivity index is 1.36. The number of hydrogen-bond donors (Lipinski definition) is 3. The van der Waals surface area contributed by atoms with E-state index in [2.05, 4.69) is 29.6 Å². The molecule has 2 saturated carbocycles. The van der Waals surface area contributed by atoms with Gasteiger partial charge in [0.1, 0.15) is 5.75 Å². The first-order chi connectivity index (χ1) is 11.7. The smallest absolute Gasteiger partial charge is 0.116 e. The molecule has 2 aromatic rings. The molecule has 0 aromatic heterocycles. The average molecular weight is 322 g/mol. The van der Waals surface area contributed by atoms with Gasteiger partial charge in [0.15, 0.2) is 0 Å². The minimum absolute atomic E-state index is 0.315. The molecule has 0 spiro atoms. The third-order valence-electron chi connectivity index (χ3n) is 5.53. The highest BCUT2D eigenvalue weighted by Crippen LogP contribution is 2.42. The van der Waals surface area contributed by atoms with Crippen molar-refractivity contribution >= 4 is 0 Å². The van der Waals surface area contributed by atoms with Gasteiger partial charge in [0.25, 0.3) is 0 Å². The van der Waals surface area contributed by atoms with Crippen LogP contribution in [0.15, 0.2) is 48.5 Å². The molecule has 0 bridgehead atoms. The molecule has 2 aliphatic rings. The van der Waals surface area contributed by atoms with Crippen molar-refractivity contribution in [2.45, 2.75) is 56.1 Å². The second-order valence-electron chi connectivity index (χ2n) is 7.40. The summed E-state index contributed by atoms with van der Waals surface area (Å²) in [7, 11) is 0. The Morgan fingerprint density at radius 1 is 0.917 bits per heavy atom. The largest absolute Gasteiger partial charge is 0.508 e. The first-order valence-electron chi connectivity index (χ1n) is 9.10. The predicted octanol–water partition coefficient (Wildman–Crippen LogP) is 3.77. The molecular formula is C21H26N2O. The molecule has 3 nitrogen and oxygen atoms in total. The first kappa shape index (κ1) is 15.7. The van der Waals surface area contributed by atoms with E-state index in [4.69, 9.17) is 5.73 Å². The van der Waals surface area contributed by atoms with Gasteiger partial charge in [-0.25, -0.2) is 0 Å². The van der Waals surface area contributed by atoms with Crippen molar-refractivity contribution in [2.24, 2.45) is 5.73 Å². The molecule has 126 valence electrons. The van der Waals surface area contributed by atoms with Crippen LogP contribution in [0.4, 0.5) is 0 Å². The number of hydrogen-bond acceptors (Lipinski definition) is 3. The van der Waals surface area contributed by atoms with Crippen molar-refractivity contribution in [1.82, 2.24) is 5.32 Å². The van der Waals surface area contributed by atoms with Gasteiger partial charge in [-0.05, 0) is 60.9 Å². The second kappa shape index (κ2) is 6.58. The van der Waals surface area contributed by atoms with Crippen molar-refractivity contribution in [3.63, 3.8) is 0 Å². The molecule has 2 aliphatic carbocycles. The second-order valence-corrected chi connectivity index (χ2v) is 7.40. The Bertz CT molecular complexity index is 689. The molecule has 0 amide bonds. The van der Waals surface area contributed by atoms with Crippen LogP contribution in [-0.4, -0.2) is 23.2 Å². The Morgan fingerprint density at radius 2 is 1.67 bits per heavy atom. The van der Waals surface area contributed by atoms with E-state index in [0.29, 0.717) is 29.8 Å². The number of benzene rings is 2. The number of phenolic OH excluding ortho intramolecular Hbond substituents is 1. The fourth-order valence-corrected chi connectivity index (χ4v) is 3.94.